The first-order valence-corrected chi connectivity index (χ1v) is 9.91. The quantitative estimate of drug-likeness (QED) is 0.767. The van der Waals surface area contributed by atoms with Gasteiger partial charge in [0.15, 0.2) is 0 Å². The van der Waals surface area contributed by atoms with Crippen LogP contribution in [0.4, 0.5) is 5.69 Å². The first-order valence-electron chi connectivity index (χ1n) is 8.47. The molecule has 24 heavy (non-hydrogen) atoms. The Morgan fingerprint density at radius 3 is 2.54 bits per heavy atom. The summed E-state index contributed by atoms with van der Waals surface area (Å²) in [6.07, 6.45) is 8.46. The van der Waals surface area contributed by atoms with Gasteiger partial charge in [-0.15, -0.1) is 0 Å². The second-order valence-electron chi connectivity index (χ2n) is 6.18. The number of sulfonamides is 1. The van der Waals surface area contributed by atoms with E-state index in [-0.39, 0.29) is 16.7 Å². The van der Waals surface area contributed by atoms with Crippen molar-refractivity contribution in [1.29, 1.82) is 0 Å². The summed E-state index contributed by atoms with van der Waals surface area (Å²) in [5.41, 5.74) is 0.629. The van der Waals surface area contributed by atoms with Crippen LogP contribution in [0.15, 0.2) is 41.3 Å². The number of hydrogen-bond donors (Lipinski definition) is 1. The monoisotopic (exact) mass is 350 g/mol. The van der Waals surface area contributed by atoms with E-state index < -0.39 is 10.0 Å². The minimum atomic E-state index is -3.47. The Morgan fingerprint density at radius 2 is 1.96 bits per heavy atom. The predicted molar refractivity (Wildman–Crippen MR) is 96.3 cm³/mol. The SMILES string of the molecule is CCCCN(C)S(=O)(=O)c1ccc(NC(=O)C2CC=CCC2)cc1. The van der Waals surface area contributed by atoms with Crippen molar-refractivity contribution in [1.82, 2.24) is 4.31 Å². The van der Waals surface area contributed by atoms with E-state index in [0.29, 0.717) is 12.2 Å². The molecule has 1 atom stereocenters. The molecule has 0 aliphatic heterocycles. The standard InChI is InChI=1S/C18H26N2O3S/c1-3-4-14-20(2)24(22,23)17-12-10-16(11-13-17)19-18(21)15-8-6-5-7-9-15/h5-6,10-13,15H,3-4,7-9,14H2,1-2H3,(H,19,21). The molecule has 0 radical (unpaired) electrons. The van der Waals surface area contributed by atoms with Gasteiger partial charge in [0, 0.05) is 25.2 Å². The first kappa shape index (κ1) is 18.7. The number of benzene rings is 1. The number of carbonyl (C=O) groups is 1. The molecule has 1 unspecified atom stereocenters. The van der Waals surface area contributed by atoms with Crippen LogP contribution < -0.4 is 5.32 Å². The average Bonchev–Trinajstić information content (AvgIpc) is 2.60. The number of carbonyl (C=O) groups excluding carboxylic acids is 1. The lowest BCUT2D eigenvalue weighted by Gasteiger charge is -2.18. The molecule has 0 fully saturated rings. The normalized spacial score (nSPS) is 17.9. The molecule has 0 heterocycles. The third kappa shape index (κ3) is 4.68. The van der Waals surface area contributed by atoms with Gasteiger partial charge >= 0.3 is 0 Å². The van der Waals surface area contributed by atoms with E-state index in [2.05, 4.69) is 11.4 Å². The summed E-state index contributed by atoms with van der Waals surface area (Å²) in [4.78, 5) is 12.5. The number of nitrogens with one attached hydrogen (secondary N) is 1. The largest absolute Gasteiger partial charge is 0.326 e. The van der Waals surface area contributed by atoms with Crippen molar-refractivity contribution in [2.24, 2.45) is 5.92 Å². The highest BCUT2D eigenvalue weighted by atomic mass is 32.2. The fraction of sp³-hybridized carbons (Fsp3) is 0.500. The van der Waals surface area contributed by atoms with Crippen molar-refractivity contribution < 1.29 is 13.2 Å². The zero-order valence-electron chi connectivity index (χ0n) is 14.4. The topological polar surface area (TPSA) is 66.5 Å². The number of rotatable bonds is 7. The summed E-state index contributed by atoms with van der Waals surface area (Å²) in [6.45, 7) is 2.53. The maximum atomic E-state index is 12.4. The van der Waals surface area contributed by atoms with Crippen LogP contribution in [0.3, 0.4) is 0 Å². The number of hydrogen-bond acceptors (Lipinski definition) is 3. The molecule has 5 nitrogen and oxygen atoms in total. The van der Waals surface area contributed by atoms with E-state index in [1.165, 1.54) is 4.31 Å². The summed E-state index contributed by atoms with van der Waals surface area (Å²) in [5, 5.41) is 2.87. The zero-order chi connectivity index (χ0) is 17.6. The molecule has 2 rings (SSSR count). The van der Waals surface area contributed by atoms with Crippen LogP contribution in [0.1, 0.15) is 39.0 Å². The Labute approximate surface area is 144 Å². The summed E-state index contributed by atoms with van der Waals surface area (Å²) >= 11 is 0. The number of nitrogens with zero attached hydrogens (tertiary/aromatic N) is 1. The number of amides is 1. The van der Waals surface area contributed by atoms with Gasteiger partial charge in [-0.1, -0.05) is 25.5 Å². The number of unbranched alkanes of at least 4 members (excludes halogenated alkanes) is 1. The summed E-state index contributed by atoms with van der Waals surface area (Å²) in [6, 6.07) is 6.40. The Bertz CT molecular complexity index is 681. The summed E-state index contributed by atoms with van der Waals surface area (Å²) < 4.78 is 26.3. The molecular weight excluding hydrogens is 324 g/mol. The van der Waals surface area contributed by atoms with Gasteiger partial charge in [-0.05, 0) is 49.9 Å². The lowest BCUT2D eigenvalue weighted by atomic mass is 9.93. The Hall–Kier alpha value is -1.66. The maximum absolute atomic E-state index is 12.4. The van der Waals surface area contributed by atoms with Crippen molar-refractivity contribution in [3.63, 3.8) is 0 Å². The summed E-state index contributed by atoms with van der Waals surface area (Å²) in [7, 11) is -1.87. The van der Waals surface area contributed by atoms with Gasteiger partial charge in [0.05, 0.1) is 4.90 Å². The minimum absolute atomic E-state index is 0.00131. The fourth-order valence-electron chi connectivity index (χ4n) is 2.67. The molecule has 1 N–H and O–H groups in total. The smallest absolute Gasteiger partial charge is 0.242 e. The van der Waals surface area contributed by atoms with Crippen LogP contribution in [0.5, 0.6) is 0 Å². The van der Waals surface area contributed by atoms with Gasteiger partial charge in [0.25, 0.3) is 0 Å². The highest BCUT2D eigenvalue weighted by molar-refractivity contribution is 7.89. The van der Waals surface area contributed by atoms with Crippen LogP contribution in [0.2, 0.25) is 0 Å². The van der Waals surface area contributed by atoms with Crippen LogP contribution in [-0.2, 0) is 14.8 Å². The second-order valence-corrected chi connectivity index (χ2v) is 8.22. The van der Waals surface area contributed by atoms with E-state index in [1.54, 1.807) is 31.3 Å². The number of allylic oxidation sites excluding steroid dienone is 2. The van der Waals surface area contributed by atoms with Crippen LogP contribution in [-0.4, -0.2) is 32.2 Å². The van der Waals surface area contributed by atoms with E-state index in [4.69, 9.17) is 0 Å². The van der Waals surface area contributed by atoms with Crippen LogP contribution >= 0.6 is 0 Å². The van der Waals surface area contributed by atoms with Crippen molar-refractivity contribution >= 4 is 21.6 Å². The third-order valence-corrected chi connectivity index (χ3v) is 6.17. The molecule has 0 bridgehead atoms. The molecule has 1 aromatic rings. The highest BCUT2D eigenvalue weighted by Gasteiger charge is 2.21. The Morgan fingerprint density at radius 1 is 1.25 bits per heavy atom. The molecule has 0 saturated heterocycles. The molecule has 1 amide bonds. The van der Waals surface area contributed by atoms with E-state index >= 15 is 0 Å². The average molecular weight is 350 g/mol. The van der Waals surface area contributed by atoms with Gasteiger partial charge in [0.1, 0.15) is 0 Å². The van der Waals surface area contributed by atoms with E-state index in [1.807, 2.05) is 13.0 Å². The van der Waals surface area contributed by atoms with Gasteiger partial charge in [-0.2, -0.15) is 0 Å². The minimum Gasteiger partial charge on any atom is -0.326 e. The summed E-state index contributed by atoms with van der Waals surface area (Å²) in [5.74, 6) is -0.00592. The lowest BCUT2D eigenvalue weighted by Crippen LogP contribution is -2.28. The lowest BCUT2D eigenvalue weighted by molar-refractivity contribution is -0.120. The van der Waals surface area contributed by atoms with Crippen molar-refractivity contribution in [3.05, 3.63) is 36.4 Å². The number of anilines is 1. The zero-order valence-corrected chi connectivity index (χ0v) is 15.2. The first-order chi connectivity index (χ1) is 11.4. The van der Waals surface area contributed by atoms with Crippen LogP contribution in [0.25, 0.3) is 0 Å². The third-order valence-electron chi connectivity index (χ3n) is 4.30. The van der Waals surface area contributed by atoms with Gasteiger partial charge in [0.2, 0.25) is 15.9 Å². The molecule has 132 valence electrons. The van der Waals surface area contributed by atoms with Gasteiger partial charge in [-0.25, -0.2) is 12.7 Å². The maximum Gasteiger partial charge on any atom is 0.242 e. The predicted octanol–water partition coefficient (Wildman–Crippen LogP) is 3.40. The molecular formula is C18H26N2O3S. The van der Waals surface area contributed by atoms with Crippen molar-refractivity contribution in [3.8, 4) is 0 Å². The van der Waals surface area contributed by atoms with Crippen LogP contribution in [0, 0.1) is 5.92 Å². The highest BCUT2D eigenvalue weighted by Crippen LogP contribution is 2.22. The van der Waals surface area contributed by atoms with Gasteiger partial charge < -0.3 is 5.32 Å². The van der Waals surface area contributed by atoms with E-state index in [0.717, 1.165) is 32.1 Å². The van der Waals surface area contributed by atoms with Gasteiger partial charge in [-0.3, -0.25) is 4.79 Å². The molecule has 0 saturated carbocycles. The Balaban J connectivity index is 2.02. The molecule has 6 heteroatoms. The molecule has 1 aliphatic carbocycles. The fourth-order valence-corrected chi connectivity index (χ4v) is 3.88. The van der Waals surface area contributed by atoms with Crippen molar-refractivity contribution in [2.75, 3.05) is 18.9 Å². The van der Waals surface area contributed by atoms with Crippen molar-refractivity contribution in [2.45, 2.75) is 43.9 Å². The molecule has 1 aromatic carbocycles. The second kappa shape index (κ2) is 8.44. The molecule has 1 aliphatic rings. The Kier molecular flexibility index (Phi) is 6.57. The van der Waals surface area contributed by atoms with E-state index in [9.17, 15) is 13.2 Å². The molecule has 0 spiro atoms. The molecule has 0 aromatic heterocycles.